The van der Waals surface area contributed by atoms with Crippen LogP contribution in [-0.4, -0.2) is 32.0 Å². The molecule has 1 atom stereocenters. The van der Waals surface area contributed by atoms with Crippen LogP contribution in [0.5, 0.6) is 0 Å². The normalized spacial score (nSPS) is 34.1. The Bertz CT molecular complexity index is 174. The van der Waals surface area contributed by atoms with Crippen molar-refractivity contribution in [2.45, 2.75) is 37.7 Å². The zero-order valence-corrected chi connectivity index (χ0v) is 8.84. The lowest BCUT2D eigenvalue weighted by molar-refractivity contribution is -0.135. The van der Waals surface area contributed by atoms with Gasteiger partial charge in [0.05, 0.1) is 13.2 Å². The van der Waals surface area contributed by atoms with Crippen molar-refractivity contribution in [2.24, 2.45) is 11.7 Å². The largest absolute Gasteiger partial charge is 0.378 e. The fraction of sp³-hybridized carbons (Fsp3) is 1.00. The molecule has 0 aromatic heterocycles. The molecule has 1 saturated heterocycles. The van der Waals surface area contributed by atoms with Gasteiger partial charge in [-0.15, -0.1) is 0 Å². The molecule has 0 aromatic rings. The maximum Gasteiger partial charge on any atom is 0.104 e. The summed E-state index contributed by atoms with van der Waals surface area (Å²) >= 11 is 0. The minimum Gasteiger partial charge on any atom is -0.378 e. The predicted molar refractivity (Wildman–Crippen MR) is 55.1 cm³/mol. The molecule has 0 amide bonds. The molecule has 2 fully saturated rings. The number of ether oxygens (including phenoxy) is 2. The van der Waals surface area contributed by atoms with Gasteiger partial charge in [0.25, 0.3) is 0 Å². The lowest BCUT2D eigenvalue weighted by Gasteiger charge is -2.38. The van der Waals surface area contributed by atoms with Crippen LogP contribution in [0.3, 0.4) is 0 Å². The first kappa shape index (κ1) is 10.4. The molecule has 2 aliphatic rings. The van der Waals surface area contributed by atoms with Gasteiger partial charge in [-0.05, 0) is 31.6 Å². The van der Waals surface area contributed by atoms with Crippen LogP contribution in [0.1, 0.15) is 32.1 Å². The van der Waals surface area contributed by atoms with Gasteiger partial charge in [0, 0.05) is 13.2 Å². The van der Waals surface area contributed by atoms with Crippen molar-refractivity contribution in [1.82, 2.24) is 0 Å². The Labute approximate surface area is 85.9 Å². The van der Waals surface area contributed by atoms with Gasteiger partial charge in [-0.3, -0.25) is 0 Å². The summed E-state index contributed by atoms with van der Waals surface area (Å²) in [6, 6.07) is 0. The summed E-state index contributed by atoms with van der Waals surface area (Å²) in [6.45, 7) is 3.05. The third kappa shape index (κ3) is 2.27. The maximum absolute atomic E-state index is 5.97. The Morgan fingerprint density at radius 1 is 1.36 bits per heavy atom. The van der Waals surface area contributed by atoms with E-state index in [1.54, 1.807) is 0 Å². The van der Waals surface area contributed by atoms with E-state index < -0.39 is 0 Å². The Kier molecular flexibility index (Phi) is 3.42. The maximum atomic E-state index is 5.97. The molecule has 3 nitrogen and oxygen atoms in total. The van der Waals surface area contributed by atoms with Gasteiger partial charge in [-0.2, -0.15) is 0 Å². The van der Waals surface area contributed by atoms with Crippen LogP contribution in [0.2, 0.25) is 0 Å². The second-order valence-electron chi connectivity index (χ2n) is 4.65. The molecule has 1 aliphatic carbocycles. The van der Waals surface area contributed by atoms with Crippen LogP contribution >= 0.6 is 0 Å². The van der Waals surface area contributed by atoms with E-state index >= 15 is 0 Å². The second kappa shape index (κ2) is 4.60. The van der Waals surface area contributed by atoms with Crippen molar-refractivity contribution in [3.63, 3.8) is 0 Å². The van der Waals surface area contributed by atoms with Crippen molar-refractivity contribution in [3.8, 4) is 0 Å². The molecule has 1 unspecified atom stereocenters. The monoisotopic (exact) mass is 199 g/mol. The van der Waals surface area contributed by atoms with Crippen molar-refractivity contribution in [3.05, 3.63) is 0 Å². The highest BCUT2D eigenvalue weighted by molar-refractivity contribution is 4.85. The molecule has 2 rings (SSSR count). The molecule has 1 heterocycles. The quantitative estimate of drug-likeness (QED) is 0.742. The average Bonchev–Trinajstić information content (AvgIpc) is 2.17. The van der Waals surface area contributed by atoms with Gasteiger partial charge in [-0.1, -0.05) is 6.42 Å². The standard InChI is InChI=1S/C11H21NO2/c12-8-11(5-2-6-13-9-11)14-7-10-3-1-4-10/h10H,1-9,12H2. The summed E-state index contributed by atoms with van der Waals surface area (Å²) < 4.78 is 11.4. The lowest BCUT2D eigenvalue weighted by Crippen LogP contribution is -2.48. The van der Waals surface area contributed by atoms with E-state index in [1.165, 1.54) is 19.3 Å². The third-order valence-corrected chi connectivity index (χ3v) is 3.51. The predicted octanol–water partition coefficient (Wildman–Crippen LogP) is 1.31. The van der Waals surface area contributed by atoms with Crippen LogP contribution in [0.15, 0.2) is 0 Å². The highest BCUT2D eigenvalue weighted by Crippen LogP contribution is 2.30. The summed E-state index contributed by atoms with van der Waals surface area (Å²) in [4.78, 5) is 0. The summed E-state index contributed by atoms with van der Waals surface area (Å²) in [6.07, 6.45) is 6.20. The van der Waals surface area contributed by atoms with Crippen LogP contribution in [0.4, 0.5) is 0 Å². The number of hydrogen-bond acceptors (Lipinski definition) is 3. The molecule has 0 bridgehead atoms. The van der Waals surface area contributed by atoms with Crippen molar-refractivity contribution < 1.29 is 9.47 Å². The van der Waals surface area contributed by atoms with Crippen molar-refractivity contribution in [2.75, 3.05) is 26.4 Å². The molecule has 1 aliphatic heterocycles. The van der Waals surface area contributed by atoms with Crippen molar-refractivity contribution >= 4 is 0 Å². The molecule has 0 aromatic carbocycles. The molecular formula is C11H21NO2. The molecule has 1 saturated carbocycles. The van der Waals surface area contributed by atoms with E-state index in [0.717, 1.165) is 32.0 Å². The van der Waals surface area contributed by atoms with E-state index in [4.69, 9.17) is 15.2 Å². The third-order valence-electron chi connectivity index (χ3n) is 3.51. The van der Waals surface area contributed by atoms with Crippen LogP contribution in [0.25, 0.3) is 0 Å². The van der Waals surface area contributed by atoms with Gasteiger partial charge >= 0.3 is 0 Å². The molecule has 82 valence electrons. The number of hydrogen-bond donors (Lipinski definition) is 1. The average molecular weight is 199 g/mol. The zero-order chi connectivity index (χ0) is 9.86. The fourth-order valence-electron chi connectivity index (χ4n) is 2.11. The van der Waals surface area contributed by atoms with E-state index in [2.05, 4.69) is 0 Å². The summed E-state index contributed by atoms with van der Waals surface area (Å²) in [5, 5.41) is 0. The van der Waals surface area contributed by atoms with E-state index in [-0.39, 0.29) is 5.60 Å². The molecular weight excluding hydrogens is 178 g/mol. The van der Waals surface area contributed by atoms with Crippen LogP contribution in [0, 0.1) is 5.92 Å². The van der Waals surface area contributed by atoms with Gasteiger partial charge in [0.2, 0.25) is 0 Å². The Morgan fingerprint density at radius 2 is 2.21 bits per heavy atom. The van der Waals surface area contributed by atoms with Crippen LogP contribution < -0.4 is 5.73 Å². The molecule has 3 heteroatoms. The topological polar surface area (TPSA) is 44.5 Å². The highest BCUT2D eigenvalue weighted by atomic mass is 16.5. The first-order chi connectivity index (χ1) is 6.85. The Hall–Kier alpha value is -0.120. The number of rotatable bonds is 4. The van der Waals surface area contributed by atoms with Gasteiger partial charge in [-0.25, -0.2) is 0 Å². The van der Waals surface area contributed by atoms with Crippen molar-refractivity contribution in [1.29, 1.82) is 0 Å². The van der Waals surface area contributed by atoms with Gasteiger partial charge in [0.1, 0.15) is 5.60 Å². The van der Waals surface area contributed by atoms with Gasteiger partial charge < -0.3 is 15.2 Å². The SMILES string of the molecule is NCC1(OCC2CCC2)CCCOC1. The van der Waals surface area contributed by atoms with E-state index in [9.17, 15) is 0 Å². The highest BCUT2D eigenvalue weighted by Gasteiger charge is 2.33. The molecule has 14 heavy (non-hydrogen) atoms. The smallest absolute Gasteiger partial charge is 0.104 e. The fourth-order valence-corrected chi connectivity index (χ4v) is 2.11. The molecule has 0 radical (unpaired) electrons. The Balaban J connectivity index is 1.77. The number of nitrogens with two attached hydrogens (primary N) is 1. The zero-order valence-electron chi connectivity index (χ0n) is 8.84. The lowest BCUT2D eigenvalue weighted by atomic mass is 9.86. The Morgan fingerprint density at radius 3 is 2.71 bits per heavy atom. The van der Waals surface area contributed by atoms with E-state index in [0.29, 0.717) is 13.2 Å². The van der Waals surface area contributed by atoms with E-state index in [1.807, 2.05) is 0 Å². The second-order valence-corrected chi connectivity index (χ2v) is 4.65. The minimum absolute atomic E-state index is 0.159. The first-order valence-electron chi connectivity index (χ1n) is 5.76. The summed E-state index contributed by atoms with van der Waals surface area (Å²) in [5.41, 5.74) is 5.62. The molecule has 0 spiro atoms. The first-order valence-corrected chi connectivity index (χ1v) is 5.76. The minimum atomic E-state index is -0.159. The summed E-state index contributed by atoms with van der Waals surface area (Å²) in [7, 11) is 0. The van der Waals surface area contributed by atoms with Gasteiger partial charge in [0.15, 0.2) is 0 Å². The molecule has 2 N–H and O–H groups in total. The van der Waals surface area contributed by atoms with Crippen LogP contribution in [-0.2, 0) is 9.47 Å². The summed E-state index contributed by atoms with van der Waals surface area (Å²) in [5.74, 6) is 0.792.